The molecule has 2 nitrogen and oxygen atoms in total. The van der Waals surface area contributed by atoms with E-state index in [1.165, 1.54) is 0 Å². The normalized spacial score (nSPS) is 13.6. The molecule has 0 spiro atoms. The number of rotatable bonds is 6. The van der Waals surface area contributed by atoms with Crippen LogP contribution in [0.15, 0.2) is 54.3 Å². The fourth-order valence-corrected chi connectivity index (χ4v) is 1.34. The lowest BCUT2D eigenvalue weighted by atomic mass is 10.1. The van der Waals surface area contributed by atoms with Crippen LogP contribution in [0.25, 0.3) is 0 Å². The summed E-state index contributed by atoms with van der Waals surface area (Å²) in [6, 6.07) is 10.0. The van der Waals surface area contributed by atoms with E-state index in [2.05, 4.69) is 0 Å². The van der Waals surface area contributed by atoms with Gasteiger partial charge in [-0.25, -0.2) is 0 Å². The minimum Gasteiger partial charge on any atom is -0.489 e. The van der Waals surface area contributed by atoms with Crippen LogP contribution < -0.4 is 0 Å². The fourth-order valence-electron chi connectivity index (χ4n) is 1.34. The van der Waals surface area contributed by atoms with Crippen molar-refractivity contribution in [2.24, 2.45) is 5.92 Å². The summed E-state index contributed by atoms with van der Waals surface area (Å²) in [5, 5.41) is 0. The van der Waals surface area contributed by atoms with Crippen LogP contribution in [0.4, 0.5) is 0 Å². The van der Waals surface area contributed by atoms with E-state index in [-0.39, 0.29) is 11.7 Å². The van der Waals surface area contributed by atoms with E-state index in [0.717, 1.165) is 11.3 Å². The van der Waals surface area contributed by atoms with E-state index in [4.69, 9.17) is 4.74 Å². The quantitative estimate of drug-likeness (QED) is 0.560. The minimum atomic E-state index is -0.0692. The summed E-state index contributed by atoms with van der Waals surface area (Å²) in [4.78, 5) is 11.1. The summed E-state index contributed by atoms with van der Waals surface area (Å²) < 4.78 is 5.67. The number of ether oxygens (including phenoxy) is 1. The largest absolute Gasteiger partial charge is 0.489 e. The van der Waals surface area contributed by atoms with Gasteiger partial charge in [-0.15, -0.1) is 0 Å². The van der Waals surface area contributed by atoms with Crippen LogP contribution in [0, 0.1) is 5.92 Å². The summed E-state index contributed by atoms with van der Waals surface area (Å²) >= 11 is 0. The Kier molecular flexibility index (Phi) is 5.92. The molecule has 0 fully saturated rings. The Morgan fingerprint density at radius 2 is 2.00 bits per heavy atom. The average molecular weight is 244 g/mol. The first-order chi connectivity index (χ1) is 8.63. The highest BCUT2D eigenvalue weighted by atomic mass is 16.5. The number of hydrogen-bond donors (Lipinski definition) is 0. The Morgan fingerprint density at radius 1 is 1.33 bits per heavy atom. The molecule has 2 heteroatoms. The maximum Gasteiger partial charge on any atom is 0.136 e. The molecule has 0 radical (unpaired) electrons. The van der Waals surface area contributed by atoms with Crippen molar-refractivity contribution in [1.29, 1.82) is 0 Å². The summed E-state index contributed by atoms with van der Waals surface area (Å²) in [7, 11) is 0. The lowest BCUT2D eigenvalue weighted by molar-refractivity contribution is -0.118. The molecule has 1 aromatic rings. The zero-order valence-corrected chi connectivity index (χ0v) is 11.2. The maximum absolute atomic E-state index is 11.1. The maximum atomic E-state index is 11.1. The van der Waals surface area contributed by atoms with Gasteiger partial charge in [0.15, 0.2) is 0 Å². The number of ketones is 1. The van der Waals surface area contributed by atoms with Gasteiger partial charge in [-0.05, 0) is 31.6 Å². The van der Waals surface area contributed by atoms with Crippen molar-refractivity contribution in [3.05, 3.63) is 59.9 Å². The van der Waals surface area contributed by atoms with E-state index in [1.807, 2.05) is 62.4 Å². The predicted octanol–water partition coefficient (Wildman–Crippen LogP) is 3.89. The Morgan fingerprint density at radius 3 is 2.56 bits per heavy atom. The molecule has 1 unspecified atom stereocenters. The molecule has 0 amide bonds. The van der Waals surface area contributed by atoms with E-state index in [1.54, 1.807) is 6.92 Å². The van der Waals surface area contributed by atoms with Crippen LogP contribution in [0.1, 0.15) is 26.3 Å². The molecular formula is C16H20O2. The second-order valence-corrected chi connectivity index (χ2v) is 4.22. The highest BCUT2D eigenvalue weighted by Crippen LogP contribution is 2.09. The molecular weight excluding hydrogens is 224 g/mol. The molecule has 0 saturated carbocycles. The van der Waals surface area contributed by atoms with E-state index in [0.29, 0.717) is 6.61 Å². The van der Waals surface area contributed by atoms with Gasteiger partial charge < -0.3 is 4.74 Å². The molecule has 0 N–H and O–H groups in total. The SMILES string of the molecule is C/C=C(\C=C/C(C)C(C)=O)OCc1ccccc1. The summed E-state index contributed by atoms with van der Waals surface area (Å²) in [6.07, 6.45) is 5.62. The van der Waals surface area contributed by atoms with Gasteiger partial charge in [0.25, 0.3) is 0 Å². The third-order valence-electron chi connectivity index (χ3n) is 2.72. The van der Waals surface area contributed by atoms with Gasteiger partial charge in [0.1, 0.15) is 18.1 Å². The molecule has 1 rings (SSSR count). The van der Waals surface area contributed by atoms with E-state index in [9.17, 15) is 4.79 Å². The number of carbonyl (C=O) groups excluding carboxylic acids is 1. The van der Waals surface area contributed by atoms with Crippen LogP contribution in [0.5, 0.6) is 0 Å². The topological polar surface area (TPSA) is 26.3 Å². The van der Waals surface area contributed by atoms with Crippen LogP contribution in [0.3, 0.4) is 0 Å². The first-order valence-corrected chi connectivity index (χ1v) is 6.15. The van der Waals surface area contributed by atoms with Gasteiger partial charge >= 0.3 is 0 Å². The lowest BCUT2D eigenvalue weighted by Gasteiger charge is -2.07. The third kappa shape index (κ3) is 5.00. The van der Waals surface area contributed by atoms with Crippen molar-refractivity contribution in [1.82, 2.24) is 0 Å². The molecule has 0 saturated heterocycles. The smallest absolute Gasteiger partial charge is 0.136 e. The molecule has 0 heterocycles. The Balaban J connectivity index is 2.51. The van der Waals surface area contributed by atoms with Crippen LogP contribution in [-0.2, 0) is 16.1 Å². The van der Waals surface area contributed by atoms with E-state index < -0.39 is 0 Å². The predicted molar refractivity (Wildman–Crippen MR) is 74.0 cm³/mol. The van der Waals surface area contributed by atoms with Gasteiger partial charge in [-0.3, -0.25) is 4.79 Å². The fraction of sp³-hybridized carbons (Fsp3) is 0.312. The van der Waals surface area contributed by atoms with Crippen LogP contribution in [0.2, 0.25) is 0 Å². The molecule has 96 valence electrons. The summed E-state index contributed by atoms with van der Waals surface area (Å²) in [5.41, 5.74) is 1.13. The van der Waals surface area contributed by atoms with Crippen molar-refractivity contribution in [2.45, 2.75) is 27.4 Å². The standard InChI is InChI=1S/C16H20O2/c1-4-16(11-10-13(2)14(3)17)18-12-15-8-6-5-7-9-15/h4-11,13H,12H2,1-3H3/b11-10-,16-4+. The highest BCUT2D eigenvalue weighted by molar-refractivity contribution is 5.79. The second kappa shape index (κ2) is 7.49. The number of hydrogen-bond acceptors (Lipinski definition) is 2. The van der Waals surface area contributed by atoms with Crippen molar-refractivity contribution < 1.29 is 9.53 Å². The number of allylic oxidation sites excluding steroid dienone is 3. The van der Waals surface area contributed by atoms with E-state index >= 15 is 0 Å². The molecule has 0 aromatic heterocycles. The Hall–Kier alpha value is -1.83. The molecule has 1 aromatic carbocycles. The first-order valence-electron chi connectivity index (χ1n) is 6.15. The average Bonchev–Trinajstić information content (AvgIpc) is 2.39. The summed E-state index contributed by atoms with van der Waals surface area (Å²) in [6.45, 7) is 5.93. The van der Waals surface area contributed by atoms with Crippen molar-refractivity contribution in [3.63, 3.8) is 0 Å². The van der Waals surface area contributed by atoms with Crippen molar-refractivity contribution >= 4 is 5.78 Å². The monoisotopic (exact) mass is 244 g/mol. The molecule has 18 heavy (non-hydrogen) atoms. The minimum absolute atomic E-state index is 0.0692. The van der Waals surface area contributed by atoms with Gasteiger partial charge in [0.2, 0.25) is 0 Å². The molecule has 0 bridgehead atoms. The zero-order valence-electron chi connectivity index (χ0n) is 11.2. The molecule has 0 aliphatic carbocycles. The molecule has 0 aliphatic heterocycles. The van der Waals surface area contributed by atoms with Gasteiger partial charge in [0.05, 0.1) is 0 Å². The van der Waals surface area contributed by atoms with Crippen LogP contribution >= 0.6 is 0 Å². The number of benzene rings is 1. The first kappa shape index (κ1) is 14.2. The van der Waals surface area contributed by atoms with Gasteiger partial charge in [-0.2, -0.15) is 0 Å². The second-order valence-electron chi connectivity index (χ2n) is 4.22. The summed E-state index contributed by atoms with van der Waals surface area (Å²) in [5.74, 6) is 0.872. The Bertz CT molecular complexity index is 430. The van der Waals surface area contributed by atoms with Crippen molar-refractivity contribution in [2.75, 3.05) is 0 Å². The number of carbonyl (C=O) groups is 1. The van der Waals surface area contributed by atoms with Gasteiger partial charge in [0, 0.05) is 5.92 Å². The Labute approximate surface area is 109 Å². The third-order valence-corrected chi connectivity index (χ3v) is 2.72. The molecule has 1 atom stereocenters. The van der Waals surface area contributed by atoms with Crippen LogP contribution in [-0.4, -0.2) is 5.78 Å². The lowest BCUT2D eigenvalue weighted by Crippen LogP contribution is -2.02. The number of Topliss-reactive ketones (excluding diaryl/α,β-unsaturated/α-hetero) is 1. The molecule has 0 aliphatic rings. The van der Waals surface area contributed by atoms with Gasteiger partial charge in [-0.1, -0.05) is 43.3 Å². The van der Waals surface area contributed by atoms with Crippen molar-refractivity contribution in [3.8, 4) is 0 Å². The highest BCUT2D eigenvalue weighted by Gasteiger charge is 2.02. The zero-order chi connectivity index (χ0) is 13.4.